The van der Waals surface area contributed by atoms with Gasteiger partial charge >= 0.3 is 0 Å². The molecule has 0 amide bonds. The Kier molecular flexibility index (Phi) is 2.20. The molecule has 3 rings (SSSR count). The summed E-state index contributed by atoms with van der Waals surface area (Å²) in [5.74, 6) is 0. The van der Waals surface area contributed by atoms with Crippen molar-refractivity contribution in [2.45, 2.75) is 20.8 Å². The minimum absolute atomic E-state index is 0.194. The predicted molar refractivity (Wildman–Crippen MR) is 72.4 cm³/mol. The van der Waals surface area contributed by atoms with Crippen LogP contribution in [0.2, 0.25) is 0 Å². The van der Waals surface area contributed by atoms with Gasteiger partial charge in [-0.1, -0.05) is 0 Å². The molecule has 92 valence electrons. The predicted octanol–water partition coefficient (Wildman–Crippen LogP) is 3.33. The highest BCUT2D eigenvalue weighted by atomic mass is 16.4. The molecule has 0 aliphatic rings. The van der Waals surface area contributed by atoms with E-state index in [4.69, 9.17) is 10.2 Å². The van der Waals surface area contributed by atoms with E-state index in [2.05, 4.69) is 36.8 Å². The second kappa shape index (κ2) is 3.63. The van der Waals surface area contributed by atoms with E-state index in [0.717, 1.165) is 22.2 Å². The molecule has 1 aromatic carbocycles. The van der Waals surface area contributed by atoms with Gasteiger partial charge in [0, 0.05) is 22.7 Å². The molecule has 0 fully saturated rings. The smallest absolute Gasteiger partial charge is 0.292 e. The van der Waals surface area contributed by atoms with Gasteiger partial charge in [0.15, 0.2) is 0 Å². The average molecular weight is 241 g/mol. The van der Waals surface area contributed by atoms with Gasteiger partial charge in [0.1, 0.15) is 12.0 Å². The van der Waals surface area contributed by atoms with Gasteiger partial charge in [-0.15, -0.1) is 0 Å². The van der Waals surface area contributed by atoms with Crippen LogP contribution >= 0.6 is 0 Å². The summed E-state index contributed by atoms with van der Waals surface area (Å²) in [6, 6.07) is 2.37. The molecule has 0 bridgehead atoms. The summed E-state index contributed by atoms with van der Waals surface area (Å²) in [6.07, 6.45) is 3.54. The highest BCUT2D eigenvalue weighted by Crippen LogP contribution is 2.32. The van der Waals surface area contributed by atoms with Gasteiger partial charge in [-0.25, -0.2) is 0 Å². The third kappa shape index (κ3) is 1.42. The molecule has 0 saturated heterocycles. The van der Waals surface area contributed by atoms with Gasteiger partial charge in [0.25, 0.3) is 6.01 Å². The molecule has 0 aliphatic heterocycles. The van der Waals surface area contributed by atoms with Crippen molar-refractivity contribution in [3.05, 3.63) is 35.2 Å². The number of nitrogens with zero attached hydrogens (tertiary/aromatic N) is 1. The number of oxazole rings is 1. The number of aromatic amines is 1. The van der Waals surface area contributed by atoms with E-state index in [0.29, 0.717) is 0 Å². The first-order valence-electron chi connectivity index (χ1n) is 5.87. The number of aryl methyl sites for hydroxylation is 2. The molecule has 2 heterocycles. The Labute approximate surface area is 105 Å². The van der Waals surface area contributed by atoms with Crippen LogP contribution in [-0.2, 0) is 0 Å². The van der Waals surface area contributed by atoms with E-state index in [9.17, 15) is 0 Å². The number of nitrogens with two attached hydrogens (primary N) is 1. The fourth-order valence-electron chi connectivity index (χ4n) is 2.33. The van der Waals surface area contributed by atoms with Crippen LogP contribution in [0.5, 0.6) is 0 Å². The summed E-state index contributed by atoms with van der Waals surface area (Å²) < 4.78 is 5.07. The lowest BCUT2D eigenvalue weighted by Crippen LogP contribution is -1.88. The van der Waals surface area contributed by atoms with Crippen molar-refractivity contribution < 1.29 is 4.42 Å². The number of hydrogen-bond donors (Lipinski definition) is 2. The number of nitrogens with one attached hydrogen (secondary N) is 1. The van der Waals surface area contributed by atoms with E-state index in [1.165, 1.54) is 16.7 Å². The molecule has 4 heteroatoms. The quantitative estimate of drug-likeness (QED) is 0.686. The first kappa shape index (κ1) is 10.9. The van der Waals surface area contributed by atoms with E-state index >= 15 is 0 Å². The zero-order valence-electron chi connectivity index (χ0n) is 10.7. The Bertz CT molecular complexity index is 737. The molecule has 2 aromatic heterocycles. The number of anilines is 1. The maximum Gasteiger partial charge on any atom is 0.292 e. The van der Waals surface area contributed by atoms with Crippen LogP contribution in [0.1, 0.15) is 16.7 Å². The van der Waals surface area contributed by atoms with Crippen molar-refractivity contribution >= 4 is 16.9 Å². The Morgan fingerprint density at radius 1 is 1.22 bits per heavy atom. The zero-order chi connectivity index (χ0) is 12.9. The summed E-state index contributed by atoms with van der Waals surface area (Å²) in [5, 5.41) is 1.16. The van der Waals surface area contributed by atoms with Gasteiger partial charge in [-0.3, -0.25) is 0 Å². The number of benzene rings is 1. The van der Waals surface area contributed by atoms with Crippen LogP contribution in [0.4, 0.5) is 6.01 Å². The van der Waals surface area contributed by atoms with Crippen molar-refractivity contribution in [3.63, 3.8) is 0 Å². The first-order valence-corrected chi connectivity index (χ1v) is 5.87. The Balaban J connectivity index is 2.33. The van der Waals surface area contributed by atoms with Crippen LogP contribution in [0, 0.1) is 20.8 Å². The van der Waals surface area contributed by atoms with Crippen molar-refractivity contribution in [1.82, 2.24) is 9.97 Å². The van der Waals surface area contributed by atoms with Crippen molar-refractivity contribution in [2.75, 3.05) is 5.73 Å². The molecule has 4 nitrogen and oxygen atoms in total. The third-order valence-electron chi connectivity index (χ3n) is 3.61. The Morgan fingerprint density at radius 3 is 2.67 bits per heavy atom. The van der Waals surface area contributed by atoms with E-state index in [1.54, 1.807) is 6.26 Å². The normalized spacial score (nSPS) is 11.3. The summed E-state index contributed by atoms with van der Waals surface area (Å²) in [6.45, 7) is 6.39. The largest absolute Gasteiger partial charge is 0.432 e. The second-order valence-electron chi connectivity index (χ2n) is 4.64. The average Bonchev–Trinajstić information content (AvgIpc) is 2.92. The molecule has 3 aromatic rings. The van der Waals surface area contributed by atoms with Crippen LogP contribution in [-0.4, -0.2) is 9.97 Å². The lowest BCUT2D eigenvalue weighted by atomic mass is 9.99. The van der Waals surface area contributed by atoms with Gasteiger partial charge in [-0.2, -0.15) is 4.98 Å². The molecule has 0 atom stereocenters. The van der Waals surface area contributed by atoms with E-state index in [1.807, 2.05) is 6.20 Å². The molecule has 0 spiro atoms. The van der Waals surface area contributed by atoms with E-state index in [-0.39, 0.29) is 6.01 Å². The van der Waals surface area contributed by atoms with Gasteiger partial charge in [0.2, 0.25) is 0 Å². The fraction of sp³-hybridized carbons (Fsp3) is 0.214. The Morgan fingerprint density at radius 2 is 2.00 bits per heavy atom. The third-order valence-corrected chi connectivity index (χ3v) is 3.61. The maximum absolute atomic E-state index is 5.52. The SMILES string of the molecule is Cc1cc2c(-c3coc(N)n3)c[nH]c2c(C)c1C. The van der Waals surface area contributed by atoms with Gasteiger partial charge in [-0.05, 0) is 43.5 Å². The number of fused-ring (bicyclic) bond motifs is 1. The first-order chi connectivity index (χ1) is 8.58. The highest BCUT2D eigenvalue weighted by molar-refractivity contribution is 5.97. The van der Waals surface area contributed by atoms with Crippen LogP contribution in [0.15, 0.2) is 22.9 Å². The molecule has 18 heavy (non-hydrogen) atoms. The summed E-state index contributed by atoms with van der Waals surface area (Å²) in [5.41, 5.74) is 12.3. The summed E-state index contributed by atoms with van der Waals surface area (Å²) in [7, 11) is 0. The molecule has 0 unspecified atom stereocenters. The Hall–Kier alpha value is -2.23. The van der Waals surface area contributed by atoms with E-state index < -0.39 is 0 Å². The molecule has 0 aliphatic carbocycles. The van der Waals surface area contributed by atoms with Crippen molar-refractivity contribution in [2.24, 2.45) is 0 Å². The number of H-pyrrole nitrogens is 1. The molecule has 0 radical (unpaired) electrons. The number of hydrogen-bond acceptors (Lipinski definition) is 3. The molecular weight excluding hydrogens is 226 g/mol. The molecule has 3 N–H and O–H groups in total. The van der Waals surface area contributed by atoms with Crippen molar-refractivity contribution in [1.29, 1.82) is 0 Å². The lowest BCUT2D eigenvalue weighted by Gasteiger charge is -2.06. The maximum atomic E-state index is 5.52. The number of aromatic nitrogens is 2. The number of rotatable bonds is 1. The number of nitrogen functional groups attached to an aromatic ring is 1. The zero-order valence-corrected chi connectivity index (χ0v) is 10.7. The molecule has 0 saturated carbocycles. The minimum atomic E-state index is 0.194. The summed E-state index contributed by atoms with van der Waals surface area (Å²) in [4.78, 5) is 7.49. The van der Waals surface area contributed by atoms with Crippen LogP contribution in [0.3, 0.4) is 0 Å². The van der Waals surface area contributed by atoms with Crippen molar-refractivity contribution in [3.8, 4) is 11.3 Å². The molecular formula is C14H15N3O. The van der Waals surface area contributed by atoms with Crippen LogP contribution < -0.4 is 5.73 Å². The second-order valence-corrected chi connectivity index (χ2v) is 4.64. The summed E-state index contributed by atoms with van der Waals surface area (Å²) >= 11 is 0. The monoisotopic (exact) mass is 241 g/mol. The van der Waals surface area contributed by atoms with Gasteiger partial charge in [0.05, 0.1) is 0 Å². The lowest BCUT2D eigenvalue weighted by molar-refractivity contribution is 0.581. The fourth-order valence-corrected chi connectivity index (χ4v) is 2.33. The van der Waals surface area contributed by atoms with Crippen LogP contribution in [0.25, 0.3) is 22.2 Å². The topological polar surface area (TPSA) is 67.8 Å². The standard InChI is InChI=1S/C14H15N3O/c1-7-4-10-11(12-6-18-14(15)17-12)5-16-13(10)9(3)8(7)2/h4-6,16H,1-3H3,(H2,15,17). The minimum Gasteiger partial charge on any atom is -0.432 e. The highest BCUT2D eigenvalue weighted by Gasteiger charge is 2.13. The van der Waals surface area contributed by atoms with Gasteiger partial charge < -0.3 is 15.1 Å².